The SMILES string of the molecule is CCCCc1ccc(NC(=O)C(=O)NC(C)C2CC3CCC2C3)cc1. The molecular weight excluding hydrogens is 312 g/mol. The summed E-state index contributed by atoms with van der Waals surface area (Å²) in [7, 11) is 0. The van der Waals surface area contributed by atoms with Crippen molar-refractivity contribution in [1.82, 2.24) is 5.32 Å². The Hall–Kier alpha value is -1.84. The van der Waals surface area contributed by atoms with Gasteiger partial charge in [0.15, 0.2) is 0 Å². The molecule has 0 heterocycles. The summed E-state index contributed by atoms with van der Waals surface area (Å²) in [6.45, 7) is 4.21. The van der Waals surface area contributed by atoms with E-state index in [9.17, 15) is 9.59 Å². The number of fused-ring (bicyclic) bond motifs is 2. The molecule has 2 aliphatic carbocycles. The minimum atomic E-state index is -0.573. The molecule has 2 fully saturated rings. The second kappa shape index (κ2) is 8.03. The zero-order valence-corrected chi connectivity index (χ0v) is 15.4. The van der Waals surface area contributed by atoms with Gasteiger partial charge in [-0.1, -0.05) is 31.9 Å². The maximum atomic E-state index is 12.2. The Morgan fingerprint density at radius 2 is 1.88 bits per heavy atom. The van der Waals surface area contributed by atoms with E-state index < -0.39 is 11.8 Å². The van der Waals surface area contributed by atoms with Crippen molar-refractivity contribution in [2.24, 2.45) is 17.8 Å². The molecule has 3 rings (SSSR count). The number of anilines is 1. The standard InChI is InChI=1S/C21H30N2O2/c1-3-4-5-15-7-10-18(11-8-15)23-21(25)20(24)22-14(2)19-13-16-6-9-17(19)12-16/h7-8,10-11,14,16-17,19H,3-6,9,12-13H2,1-2H3,(H,22,24)(H,23,25). The fourth-order valence-electron chi connectivity index (χ4n) is 4.61. The van der Waals surface area contributed by atoms with Crippen LogP contribution in [0.2, 0.25) is 0 Å². The first-order valence-electron chi connectivity index (χ1n) is 9.77. The molecule has 0 spiro atoms. The highest BCUT2D eigenvalue weighted by molar-refractivity contribution is 6.39. The van der Waals surface area contributed by atoms with Crippen LogP contribution in [0.4, 0.5) is 5.69 Å². The fourth-order valence-corrected chi connectivity index (χ4v) is 4.61. The Morgan fingerprint density at radius 3 is 2.48 bits per heavy atom. The zero-order valence-electron chi connectivity index (χ0n) is 15.4. The third-order valence-electron chi connectivity index (χ3n) is 6.03. The first-order valence-corrected chi connectivity index (χ1v) is 9.77. The van der Waals surface area contributed by atoms with Crippen molar-refractivity contribution in [2.45, 2.75) is 64.8 Å². The molecule has 4 heteroatoms. The highest BCUT2D eigenvalue weighted by Gasteiger charge is 2.42. The summed E-state index contributed by atoms with van der Waals surface area (Å²) in [6, 6.07) is 7.85. The molecule has 2 saturated carbocycles. The van der Waals surface area contributed by atoms with Crippen LogP contribution in [-0.4, -0.2) is 17.9 Å². The van der Waals surface area contributed by atoms with Gasteiger partial charge in [0.1, 0.15) is 0 Å². The molecule has 4 unspecified atom stereocenters. The van der Waals surface area contributed by atoms with E-state index >= 15 is 0 Å². The molecule has 1 aromatic rings. The first-order chi connectivity index (χ1) is 12.1. The van der Waals surface area contributed by atoms with E-state index in [1.165, 1.54) is 37.7 Å². The lowest BCUT2D eigenvalue weighted by atomic mass is 9.84. The van der Waals surface area contributed by atoms with E-state index in [1.54, 1.807) is 0 Å². The quantitative estimate of drug-likeness (QED) is 0.770. The number of carbonyl (C=O) groups is 2. The molecule has 136 valence electrons. The van der Waals surface area contributed by atoms with Crippen LogP contribution in [0.3, 0.4) is 0 Å². The highest BCUT2D eigenvalue weighted by atomic mass is 16.2. The van der Waals surface area contributed by atoms with Crippen LogP contribution < -0.4 is 10.6 Å². The molecule has 0 radical (unpaired) electrons. The third kappa shape index (κ3) is 4.42. The van der Waals surface area contributed by atoms with Crippen LogP contribution in [-0.2, 0) is 16.0 Å². The minimum absolute atomic E-state index is 0.0740. The van der Waals surface area contributed by atoms with Crippen molar-refractivity contribution >= 4 is 17.5 Å². The average molecular weight is 342 g/mol. The highest BCUT2D eigenvalue weighted by Crippen LogP contribution is 2.49. The molecule has 2 N–H and O–H groups in total. The lowest BCUT2D eigenvalue weighted by molar-refractivity contribution is -0.136. The van der Waals surface area contributed by atoms with Crippen LogP contribution >= 0.6 is 0 Å². The van der Waals surface area contributed by atoms with Gasteiger partial charge in [-0.15, -0.1) is 0 Å². The topological polar surface area (TPSA) is 58.2 Å². The summed E-state index contributed by atoms with van der Waals surface area (Å²) in [4.78, 5) is 24.4. The van der Waals surface area contributed by atoms with Crippen LogP contribution in [0.1, 0.15) is 57.9 Å². The fraction of sp³-hybridized carbons (Fsp3) is 0.619. The van der Waals surface area contributed by atoms with Crippen molar-refractivity contribution in [3.63, 3.8) is 0 Å². The van der Waals surface area contributed by atoms with Crippen LogP contribution in [0.5, 0.6) is 0 Å². The molecule has 2 aliphatic rings. The Bertz CT molecular complexity index is 611. The van der Waals surface area contributed by atoms with Crippen LogP contribution in [0, 0.1) is 17.8 Å². The number of hydrogen-bond acceptors (Lipinski definition) is 2. The number of amides is 2. The van der Waals surface area contributed by atoms with Gasteiger partial charge in [-0.2, -0.15) is 0 Å². The van der Waals surface area contributed by atoms with Crippen molar-refractivity contribution in [3.05, 3.63) is 29.8 Å². The van der Waals surface area contributed by atoms with E-state index in [0.717, 1.165) is 24.7 Å². The molecule has 0 saturated heterocycles. The summed E-state index contributed by atoms with van der Waals surface area (Å²) < 4.78 is 0. The molecule has 4 nitrogen and oxygen atoms in total. The predicted octanol–water partition coefficient (Wildman–Crippen LogP) is 3.91. The van der Waals surface area contributed by atoms with Gasteiger partial charge in [0.05, 0.1) is 0 Å². The summed E-state index contributed by atoms with van der Waals surface area (Å²) in [5, 5.41) is 5.62. The Kier molecular flexibility index (Phi) is 5.77. The van der Waals surface area contributed by atoms with Gasteiger partial charge in [0.2, 0.25) is 0 Å². The van der Waals surface area contributed by atoms with E-state index in [4.69, 9.17) is 0 Å². The number of rotatable bonds is 6. The van der Waals surface area contributed by atoms with E-state index in [1.807, 2.05) is 31.2 Å². The maximum absolute atomic E-state index is 12.2. The molecule has 0 aliphatic heterocycles. The molecule has 0 aromatic heterocycles. The molecular formula is C21H30N2O2. The van der Waals surface area contributed by atoms with Gasteiger partial charge in [0, 0.05) is 11.7 Å². The summed E-state index contributed by atoms with van der Waals surface area (Å²) in [5.41, 5.74) is 1.93. The van der Waals surface area contributed by atoms with Gasteiger partial charge in [-0.25, -0.2) is 0 Å². The Balaban J connectivity index is 1.48. The number of nitrogens with one attached hydrogen (secondary N) is 2. The van der Waals surface area contributed by atoms with Crippen molar-refractivity contribution in [3.8, 4) is 0 Å². The van der Waals surface area contributed by atoms with Gasteiger partial charge in [-0.05, 0) is 74.5 Å². The smallest absolute Gasteiger partial charge is 0.313 e. The summed E-state index contributed by atoms with van der Waals surface area (Å²) >= 11 is 0. The maximum Gasteiger partial charge on any atom is 0.313 e. The first kappa shape index (κ1) is 18.0. The van der Waals surface area contributed by atoms with Gasteiger partial charge in [0.25, 0.3) is 0 Å². The largest absolute Gasteiger partial charge is 0.345 e. The van der Waals surface area contributed by atoms with Crippen molar-refractivity contribution in [1.29, 1.82) is 0 Å². The summed E-state index contributed by atoms with van der Waals surface area (Å²) in [5.74, 6) is 1.02. The second-order valence-electron chi connectivity index (χ2n) is 7.86. The lowest BCUT2D eigenvalue weighted by Gasteiger charge is -2.28. The lowest BCUT2D eigenvalue weighted by Crippen LogP contribution is -2.45. The zero-order chi connectivity index (χ0) is 17.8. The van der Waals surface area contributed by atoms with Gasteiger partial charge >= 0.3 is 11.8 Å². The third-order valence-corrected chi connectivity index (χ3v) is 6.03. The normalized spacial score (nSPS) is 25.6. The van der Waals surface area contributed by atoms with Crippen LogP contribution in [0.25, 0.3) is 0 Å². The van der Waals surface area contributed by atoms with Crippen LogP contribution in [0.15, 0.2) is 24.3 Å². The predicted molar refractivity (Wildman–Crippen MR) is 100 cm³/mol. The van der Waals surface area contributed by atoms with Gasteiger partial charge in [-0.3, -0.25) is 9.59 Å². The van der Waals surface area contributed by atoms with Crippen molar-refractivity contribution in [2.75, 3.05) is 5.32 Å². The Labute approximate surface area is 150 Å². The summed E-state index contributed by atoms with van der Waals surface area (Å²) in [6.07, 6.45) is 8.51. The number of hydrogen-bond donors (Lipinski definition) is 2. The van der Waals surface area contributed by atoms with Crippen molar-refractivity contribution < 1.29 is 9.59 Å². The molecule has 25 heavy (non-hydrogen) atoms. The number of unbranched alkanes of at least 4 members (excludes halogenated alkanes) is 1. The second-order valence-corrected chi connectivity index (χ2v) is 7.86. The number of carbonyl (C=O) groups excluding carboxylic acids is 2. The van der Waals surface area contributed by atoms with E-state index in [-0.39, 0.29) is 6.04 Å². The monoisotopic (exact) mass is 342 g/mol. The molecule has 2 bridgehead atoms. The molecule has 4 atom stereocenters. The molecule has 2 amide bonds. The van der Waals surface area contributed by atoms with Gasteiger partial charge < -0.3 is 10.6 Å². The number of benzene rings is 1. The minimum Gasteiger partial charge on any atom is -0.345 e. The average Bonchev–Trinajstić information content (AvgIpc) is 3.24. The number of aryl methyl sites for hydroxylation is 1. The molecule has 1 aromatic carbocycles. The van der Waals surface area contributed by atoms with E-state index in [2.05, 4.69) is 17.6 Å². The Morgan fingerprint density at radius 1 is 1.12 bits per heavy atom. The van der Waals surface area contributed by atoms with E-state index in [0.29, 0.717) is 11.6 Å².